The lowest BCUT2D eigenvalue weighted by Crippen LogP contribution is -2.35. The van der Waals surface area contributed by atoms with Crippen molar-refractivity contribution in [2.45, 2.75) is 57.6 Å². The minimum Gasteiger partial charge on any atom is -0.379 e. The summed E-state index contributed by atoms with van der Waals surface area (Å²) in [6.45, 7) is 6.58. The summed E-state index contributed by atoms with van der Waals surface area (Å²) in [7, 11) is 3.86. The molecular formula is C17H29NO. The zero-order chi connectivity index (χ0) is 14.3. The monoisotopic (exact) mass is 263 g/mol. The van der Waals surface area contributed by atoms with Crippen LogP contribution in [0, 0.1) is 0 Å². The molecule has 2 unspecified atom stereocenters. The fraction of sp³-hybridized carbons (Fsp3) is 0.647. The first kappa shape index (κ1) is 16.2. The maximum atomic E-state index is 5.52. The molecule has 0 aromatic heterocycles. The summed E-state index contributed by atoms with van der Waals surface area (Å²) < 4.78 is 5.52. The number of likely N-dealkylation sites (N-methyl/N-ethyl adjacent to an activating group) is 1. The SMILES string of the molecule is CCC(c1ccccc1)C(CCC(C)(C)OC)NC. The molecule has 0 fully saturated rings. The van der Waals surface area contributed by atoms with Crippen LogP contribution in [-0.4, -0.2) is 25.8 Å². The number of rotatable bonds is 8. The zero-order valence-electron chi connectivity index (χ0n) is 13.1. The second kappa shape index (κ2) is 7.66. The van der Waals surface area contributed by atoms with Gasteiger partial charge in [0, 0.05) is 13.2 Å². The van der Waals surface area contributed by atoms with E-state index in [1.54, 1.807) is 7.11 Å². The van der Waals surface area contributed by atoms with Crippen LogP contribution in [0.5, 0.6) is 0 Å². The molecule has 0 bridgehead atoms. The van der Waals surface area contributed by atoms with Crippen LogP contribution in [0.2, 0.25) is 0 Å². The molecule has 0 amide bonds. The number of methoxy groups -OCH3 is 1. The molecular weight excluding hydrogens is 234 g/mol. The molecule has 2 heteroatoms. The predicted octanol–water partition coefficient (Wildman–Crippen LogP) is 3.97. The maximum Gasteiger partial charge on any atom is 0.0623 e. The maximum absolute atomic E-state index is 5.52. The molecule has 1 aromatic rings. The molecule has 108 valence electrons. The van der Waals surface area contributed by atoms with E-state index in [-0.39, 0.29) is 5.60 Å². The summed E-state index contributed by atoms with van der Waals surface area (Å²) in [5.41, 5.74) is 1.39. The molecule has 1 N–H and O–H groups in total. The van der Waals surface area contributed by atoms with E-state index < -0.39 is 0 Å². The van der Waals surface area contributed by atoms with Crippen molar-refractivity contribution in [3.8, 4) is 0 Å². The highest BCUT2D eigenvalue weighted by molar-refractivity contribution is 5.21. The fourth-order valence-electron chi connectivity index (χ4n) is 2.60. The molecule has 0 saturated heterocycles. The fourth-order valence-corrected chi connectivity index (χ4v) is 2.60. The number of ether oxygens (including phenoxy) is 1. The molecule has 1 aromatic carbocycles. The van der Waals surface area contributed by atoms with Crippen LogP contribution < -0.4 is 5.32 Å². The average Bonchev–Trinajstić information content (AvgIpc) is 2.44. The molecule has 1 rings (SSSR count). The number of nitrogens with one attached hydrogen (secondary N) is 1. The molecule has 0 aliphatic rings. The van der Waals surface area contributed by atoms with Crippen molar-refractivity contribution >= 4 is 0 Å². The Kier molecular flexibility index (Phi) is 6.53. The molecule has 2 nitrogen and oxygen atoms in total. The Morgan fingerprint density at radius 1 is 1.21 bits per heavy atom. The lowest BCUT2D eigenvalue weighted by atomic mass is 9.85. The van der Waals surface area contributed by atoms with Crippen LogP contribution in [0.25, 0.3) is 0 Å². The Balaban J connectivity index is 2.71. The lowest BCUT2D eigenvalue weighted by molar-refractivity contribution is 0.0112. The van der Waals surface area contributed by atoms with E-state index >= 15 is 0 Å². The van der Waals surface area contributed by atoms with Gasteiger partial charge in [0.1, 0.15) is 0 Å². The van der Waals surface area contributed by atoms with Crippen LogP contribution >= 0.6 is 0 Å². The molecule has 0 aliphatic carbocycles. The lowest BCUT2D eigenvalue weighted by Gasteiger charge is -2.30. The van der Waals surface area contributed by atoms with E-state index in [4.69, 9.17) is 4.74 Å². The van der Waals surface area contributed by atoms with E-state index in [0.29, 0.717) is 12.0 Å². The van der Waals surface area contributed by atoms with Crippen molar-refractivity contribution in [1.82, 2.24) is 5.32 Å². The van der Waals surface area contributed by atoms with Crippen LogP contribution in [0.15, 0.2) is 30.3 Å². The van der Waals surface area contributed by atoms with Gasteiger partial charge in [-0.15, -0.1) is 0 Å². The highest BCUT2D eigenvalue weighted by Gasteiger charge is 2.24. The highest BCUT2D eigenvalue weighted by atomic mass is 16.5. The van der Waals surface area contributed by atoms with Crippen molar-refractivity contribution in [2.75, 3.05) is 14.2 Å². The van der Waals surface area contributed by atoms with Gasteiger partial charge in [-0.2, -0.15) is 0 Å². The summed E-state index contributed by atoms with van der Waals surface area (Å²) in [5, 5.41) is 3.49. The van der Waals surface area contributed by atoms with Gasteiger partial charge in [-0.05, 0) is 51.6 Å². The van der Waals surface area contributed by atoms with Crippen molar-refractivity contribution in [1.29, 1.82) is 0 Å². The quantitative estimate of drug-likeness (QED) is 0.766. The third-order valence-electron chi connectivity index (χ3n) is 4.13. The van der Waals surface area contributed by atoms with Gasteiger partial charge < -0.3 is 10.1 Å². The normalized spacial score (nSPS) is 15.2. The van der Waals surface area contributed by atoms with E-state index in [1.807, 2.05) is 0 Å². The second-order valence-electron chi connectivity index (χ2n) is 5.82. The first-order chi connectivity index (χ1) is 9.04. The summed E-state index contributed by atoms with van der Waals surface area (Å²) in [4.78, 5) is 0. The first-order valence-corrected chi connectivity index (χ1v) is 7.31. The average molecular weight is 263 g/mol. The van der Waals surface area contributed by atoms with Crippen LogP contribution in [0.3, 0.4) is 0 Å². The Labute approximate surface area is 118 Å². The van der Waals surface area contributed by atoms with Gasteiger partial charge >= 0.3 is 0 Å². The number of benzene rings is 1. The standard InChI is InChI=1S/C17H29NO/c1-6-15(14-10-8-7-9-11-14)16(18-4)12-13-17(2,3)19-5/h7-11,15-16,18H,6,12-13H2,1-5H3. The molecule has 0 spiro atoms. The van der Waals surface area contributed by atoms with E-state index in [0.717, 1.165) is 19.3 Å². The van der Waals surface area contributed by atoms with Crippen molar-refractivity contribution in [3.05, 3.63) is 35.9 Å². The smallest absolute Gasteiger partial charge is 0.0623 e. The van der Waals surface area contributed by atoms with Crippen LogP contribution in [-0.2, 0) is 4.74 Å². The third kappa shape index (κ3) is 4.96. The third-order valence-corrected chi connectivity index (χ3v) is 4.13. The van der Waals surface area contributed by atoms with E-state index in [9.17, 15) is 0 Å². The Morgan fingerprint density at radius 2 is 1.84 bits per heavy atom. The zero-order valence-corrected chi connectivity index (χ0v) is 13.1. The topological polar surface area (TPSA) is 21.3 Å². The van der Waals surface area contributed by atoms with Gasteiger partial charge in [0.05, 0.1) is 5.60 Å². The molecule has 0 heterocycles. The van der Waals surface area contributed by atoms with Gasteiger partial charge in [-0.1, -0.05) is 37.3 Å². The summed E-state index contributed by atoms with van der Waals surface area (Å²) >= 11 is 0. The molecule has 0 aliphatic heterocycles. The summed E-state index contributed by atoms with van der Waals surface area (Å²) in [6, 6.07) is 11.3. The predicted molar refractivity (Wildman–Crippen MR) is 82.6 cm³/mol. The van der Waals surface area contributed by atoms with Crippen LogP contribution in [0.1, 0.15) is 51.5 Å². The van der Waals surface area contributed by atoms with E-state index in [2.05, 4.69) is 63.5 Å². The Morgan fingerprint density at radius 3 is 2.32 bits per heavy atom. The largest absolute Gasteiger partial charge is 0.379 e. The minimum atomic E-state index is -0.0376. The second-order valence-corrected chi connectivity index (χ2v) is 5.82. The minimum absolute atomic E-state index is 0.0376. The summed E-state index contributed by atoms with van der Waals surface area (Å²) in [6.07, 6.45) is 3.35. The molecule has 2 atom stereocenters. The molecule has 0 saturated carbocycles. The van der Waals surface area contributed by atoms with Gasteiger partial charge in [0.2, 0.25) is 0 Å². The van der Waals surface area contributed by atoms with Crippen LogP contribution in [0.4, 0.5) is 0 Å². The Bertz CT molecular complexity index is 348. The van der Waals surface area contributed by atoms with Crippen molar-refractivity contribution in [2.24, 2.45) is 0 Å². The first-order valence-electron chi connectivity index (χ1n) is 7.31. The molecule has 19 heavy (non-hydrogen) atoms. The Hall–Kier alpha value is -0.860. The summed E-state index contributed by atoms with van der Waals surface area (Å²) in [5.74, 6) is 0.568. The van der Waals surface area contributed by atoms with Crippen molar-refractivity contribution < 1.29 is 4.74 Å². The molecule has 0 radical (unpaired) electrons. The van der Waals surface area contributed by atoms with E-state index in [1.165, 1.54) is 5.56 Å². The van der Waals surface area contributed by atoms with Gasteiger partial charge in [0.25, 0.3) is 0 Å². The highest BCUT2D eigenvalue weighted by Crippen LogP contribution is 2.28. The van der Waals surface area contributed by atoms with Crippen molar-refractivity contribution in [3.63, 3.8) is 0 Å². The van der Waals surface area contributed by atoms with Gasteiger partial charge in [0.15, 0.2) is 0 Å². The van der Waals surface area contributed by atoms with Gasteiger partial charge in [-0.3, -0.25) is 0 Å². The number of hydrogen-bond acceptors (Lipinski definition) is 2. The van der Waals surface area contributed by atoms with Gasteiger partial charge in [-0.25, -0.2) is 0 Å². The number of hydrogen-bond donors (Lipinski definition) is 1.